The second-order valence-corrected chi connectivity index (χ2v) is 5.16. The molecule has 0 radical (unpaired) electrons. The van der Waals surface area contributed by atoms with Crippen LogP contribution < -0.4 is 11.1 Å². The molecule has 0 fully saturated rings. The molecule has 2 aromatic heterocycles. The number of para-hydroxylation sites is 1. The maximum Gasteiger partial charge on any atom is 0.148 e. The van der Waals surface area contributed by atoms with Gasteiger partial charge >= 0.3 is 0 Å². The van der Waals surface area contributed by atoms with Crippen LogP contribution >= 0.6 is 15.9 Å². The van der Waals surface area contributed by atoms with E-state index in [1.54, 1.807) is 4.68 Å². The summed E-state index contributed by atoms with van der Waals surface area (Å²) < 4.78 is 2.50. The molecular formula is C13H13BrN6. The number of rotatable bonds is 4. The van der Waals surface area contributed by atoms with E-state index < -0.39 is 0 Å². The molecule has 0 saturated heterocycles. The largest absolute Gasteiger partial charge is 0.384 e. The molecule has 1 aromatic carbocycles. The van der Waals surface area contributed by atoms with Crippen LogP contribution in [0.15, 0.2) is 41.1 Å². The van der Waals surface area contributed by atoms with E-state index >= 15 is 0 Å². The van der Waals surface area contributed by atoms with Crippen LogP contribution in [-0.2, 0) is 6.54 Å². The Hall–Kier alpha value is -2.15. The summed E-state index contributed by atoms with van der Waals surface area (Å²) in [7, 11) is 0. The normalized spacial score (nSPS) is 10.8. The van der Waals surface area contributed by atoms with Crippen LogP contribution in [0.2, 0.25) is 0 Å². The first-order valence-corrected chi connectivity index (χ1v) is 6.96. The molecule has 0 bridgehead atoms. The van der Waals surface area contributed by atoms with E-state index in [1.807, 2.05) is 36.5 Å². The van der Waals surface area contributed by atoms with Crippen molar-refractivity contribution < 1.29 is 0 Å². The van der Waals surface area contributed by atoms with Gasteiger partial charge in [-0.1, -0.05) is 23.4 Å². The minimum Gasteiger partial charge on any atom is -0.384 e. The van der Waals surface area contributed by atoms with Crippen LogP contribution in [0.25, 0.3) is 10.9 Å². The fourth-order valence-corrected chi connectivity index (χ4v) is 2.34. The molecule has 6 nitrogen and oxygen atoms in total. The predicted octanol–water partition coefficient (Wildman–Crippen LogP) is 2.28. The van der Waals surface area contributed by atoms with Crippen LogP contribution in [-0.4, -0.2) is 26.5 Å². The first kappa shape index (κ1) is 12.9. The number of benzene rings is 1. The van der Waals surface area contributed by atoms with E-state index in [9.17, 15) is 0 Å². The summed E-state index contributed by atoms with van der Waals surface area (Å²) >= 11 is 3.27. The van der Waals surface area contributed by atoms with Gasteiger partial charge in [0.1, 0.15) is 10.4 Å². The fraction of sp³-hybridized carbons (Fsp3) is 0.154. The van der Waals surface area contributed by atoms with E-state index in [-0.39, 0.29) is 0 Å². The number of fused-ring (bicyclic) bond motifs is 1. The van der Waals surface area contributed by atoms with Crippen molar-refractivity contribution in [3.05, 3.63) is 41.1 Å². The standard InChI is InChI=1S/C13H13BrN6/c14-12-8-20(19-18-12)6-5-16-11-7-13(15)17-10-4-2-1-3-9(10)11/h1-4,7-8H,5-6H2,(H3,15,16,17). The van der Waals surface area contributed by atoms with Crippen LogP contribution in [0.1, 0.15) is 0 Å². The number of nitrogen functional groups attached to an aromatic ring is 1. The fourth-order valence-electron chi connectivity index (χ4n) is 2.03. The van der Waals surface area contributed by atoms with Crippen LogP contribution in [0.3, 0.4) is 0 Å². The van der Waals surface area contributed by atoms with Gasteiger partial charge in [0, 0.05) is 23.7 Å². The zero-order valence-electron chi connectivity index (χ0n) is 10.6. The van der Waals surface area contributed by atoms with Gasteiger partial charge in [0.15, 0.2) is 0 Å². The summed E-state index contributed by atoms with van der Waals surface area (Å²) in [6, 6.07) is 9.76. The summed E-state index contributed by atoms with van der Waals surface area (Å²) in [6.45, 7) is 1.44. The second kappa shape index (κ2) is 5.46. The zero-order chi connectivity index (χ0) is 13.9. The van der Waals surface area contributed by atoms with Crippen LogP contribution in [0.4, 0.5) is 11.5 Å². The number of anilines is 2. The van der Waals surface area contributed by atoms with Gasteiger partial charge in [0.2, 0.25) is 0 Å². The molecule has 20 heavy (non-hydrogen) atoms. The van der Waals surface area contributed by atoms with Crippen molar-refractivity contribution in [2.24, 2.45) is 0 Å². The molecule has 0 aliphatic rings. The molecule has 0 aliphatic heterocycles. The molecule has 0 amide bonds. The minimum absolute atomic E-state index is 0.509. The number of nitrogens with two attached hydrogens (primary N) is 1. The lowest BCUT2D eigenvalue weighted by atomic mass is 10.2. The van der Waals surface area contributed by atoms with Gasteiger partial charge in [-0.25, -0.2) is 9.67 Å². The summed E-state index contributed by atoms with van der Waals surface area (Å²) in [5, 5.41) is 12.3. The average molecular weight is 333 g/mol. The molecule has 3 aromatic rings. The van der Waals surface area contributed by atoms with Crippen molar-refractivity contribution in [1.82, 2.24) is 20.0 Å². The summed E-state index contributed by atoms with van der Waals surface area (Å²) in [5.41, 5.74) is 7.69. The van der Waals surface area contributed by atoms with E-state index in [0.717, 1.165) is 34.3 Å². The highest BCUT2D eigenvalue weighted by molar-refractivity contribution is 9.10. The molecule has 0 aliphatic carbocycles. The number of pyridine rings is 1. The zero-order valence-corrected chi connectivity index (χ0v) is 12.2. The minimum atomic E-state index is 0.509. The molecule has 0 saturated carbocycles. The third kappa shape index (κ3) is 2.72. The van der Waals surface area contributed by atoms with Crippen molar-refractivity contribution in [2.45, 2.75) is 6.54 Å². The van der Waals surface area contributed by atoms with Gasteiger partial charge in [-0.2, -0.15) is 0 Å². The molecule has 0 atom stereocenters. The summed E-state index contributed by atoms with van der Waals surface area (Å²) in [6.07, 6.45) is 1.83. The van der Waals surface area contributed by atoms with Gasteiger partial charge in [0.05, 0.1) is 18.3 Å². The van der Waals surface area contributed by atoms with Gasteiger partial charge in [0.25, 0.3) is 0 Å². The topological polar surface area (TPSA) is 81.6 Å². The monoisotopic (exact) mass is 332 g/mol. The van der Waals surface area contributed by atoms with E-state index in [2.05, 4.69) is 36.5 Å². The summed E-state index contributed by atoms with van der Waals surface area (Å²) in [5.74, 6) is 0.509. The number of nitrogens with zero attached hydrogens (tertiary/aromatic N) is 4. The van der Waals surface area contributed by atoms with Crippen molar-refractivity contribution in [3.8, 4) is 0 Å². The Morgan fingerprint density at radius 2 is 2.15 bits per heavy atom. The van der Waals surface area contributed by atoms with Gasteiger partial charge in [-0.05, 0) is 22.0 Å². The maximum atomic E-state index is 5.83. The molecule has 7 heteroatoms. The lowest BCUT2D eigenvalue weighted by molar-refractivity contribution is 0.609. The van der Waals surface area contributed by atoms with Gasteiger partial charge < -0.3 is 11.1 Å². The molecule has 3 N–H and O–H groups in total. The highest BCUT2D eigenvalue weighted by Gasteiger charge is 2.03. The quantitative estimate of drug-likeness (QED) is 0.766. The molecule has 0 spiro atoms. The molecule has 0 unspecified atom stereocenters. The van der Waals surface area contributed by atoms with Crippen molar-refractivity contribution >= 4 is 38.3 Å². The molecule has 3 rings (SSSR count). The van der Waals surface area contributed by atoms with Crippen molar-refractivity contribution in [2.75, 3.05) is 17.6 Å². The number of halogens is 1. The number of hydrogen-bond acceptors (Lipinski definition) is 5. The Morgan fingerprint density at radius 1 is 1.30 bits per heavy atom. The predicted molar refractivity (Wildman–Crippen MR) is 82.4 cm³/mol. The average Bonchev–Trinajstić information content (AvgIpc) is 2.84. The Labute approximate surface area is 124 Å². The molecule has 2 heterocycles. The maximum absolute atomic E-state index is 5.83. The first-order valence-electron chi connectivity index (χ1n) is 6.17. The van der Waals surface area contributed by atoms with Gasteiger partial charge in [-0.15, -0.1) is 5.10 Å². The molecule has 102 valence electrons. The van der Waals surface area contributed by atoms with E-state index in [4.69, 9.17) is 5.73 Å². The lowest BCUT2D eigenvalue weighted by Gasteiger charge is -2.10. The van der Waals surface area contributed by atoms with Crippen molar-refractivity contribution in [3.63, 3.8) is 0 Å². The van der Waals surface area contributed by atoms with E-state index in [0.29, 0.717) is 5.82 Å². The number of hydrogen-bond donors (Lipinski definition) is 2. The smallest absolute Gasteiger partial charge is 0.148 e. The Kier molecular flexibility index (Phi) is 3.51. The van der Waals surface area contributed by atoms with Gasteiger partial charge in [-0.3, -0.25) is 0 Å². The van der Waals surface area contributed by atoms with Crippen LogP contribution in [0, 0.1) is 0 Å². The molecular weight excluding hydrogens is 320 g/mol. The number of aromatic nitrogens is 4. The third-order valence-electron chi connectivity index (χ3n) is 2.90. The Balaban J connectivity index is 1.77. The van der Waals surface area contributed by atoms with Crippen molar-refractivity contribution in [1.29, 1.82) is 0 Å². The Morgan fingerprint density at radius 3 is 2.95 bits per heavy atom. The first-order chi connectivity index (χ1) is 9.72. The van der Waals surface area contributed by atoms with E-state index in [1.165, 1.54) is 0 Å². The lowest BCUT2D eigenvalue weighted by Crippen LogP contribution is -2.11. The Bertz CT molecular complexity index is 739. The summed E-state index contributed by atoms with van der Waals surface area (Å²) in [4.78, 5) is 4.31. The number of nitrogens with one attached hydrogen (secondary N) is 1. The second-order valence-electron chi connectivity index (χ2n) is 4.34. The SMILES string of the molecule is Nc1cc(NCCn2cc(Br)nn2)c2ccccc2n1. The third-order valence-corrected chi connectivity index (χ3v) is 3.27. The van der Waals surface area contributed by atoms with Crippen LogP contribution in [0.5, 0.6) is 0 Å². The highest BCUT2D eigenvalue weighted by atomic mass is 79.9. The highest BCUT2D eigenvalue weighted by Crippen LogP contribution is 2.23.